The van der Waals surface area contributed by atoms with Gasteiger partial charge in [0.25, 0.3) is 0 Å². The highest BCUT2D eigenvalue weighted by atomic mass is 16.5. The number of aliphatic hydroxyl groups excluding tert-OH is 1. The maximum absolute atomic E-state index is 8.59. The number of hydrogen-bond acceptors (Lipinski definition) is 3. The van der Waals surface area contributed by atoms with Crippen molar-refractivity contribution in [1.82, 2.24) is 4.90 Å². The fourth-order valence-corrected chi connectivity index (χ4v) is 1.15. The second-order valence-electron chi connectivity index (χ2n) is 3.64. The Morgan fingerprint density at radius 1 is 1.38 bits per heavy atom. The standard InChI is InChI=1S/C13H17NO2/c1-14(2)8-10-16-13-7-3-5-12(11-13)6-4-9-15/h3,5,7,11,15H,8-10H2,1-2H3. The minimum Gasteiger partial charge on any atom is -0.492 e. The first-order valence-electron chi connectivity index (χ1n) is 5.19. The minimum absolute atomic E-state index is 0.119. The van der Waals surface area contributed by atoms with Crippen LogP contribution in [0.2, 0.25) is 0 Å². The van der Waals surface area contributed by atoms with Crippen LogP contribution in [-0.4, -0.2) is 43.9 Å². The number of aliphatic hydroxyl groups is 1. The Labute approximate surface area is 96.7 Å². The highest BCUT2D eigenvalue weighted by Gasteiger charge is 1.95. The number of nitrogens with zero attached hydrogens (tertiary/aromatic N) is 1. The van der Waals surface area contributed by atoms with Crippen LogP contribution in [0.1, 0.15) is 5.56 Å². The number of benzene rings is 1. The third kappa shape index (κ3) is 4.83. The lowest BCUT2D eigenvalue weighted by atomic mass is 10.2. The summed E-state index contributed by atoms with van der Waals surface area (Å²) in [6, 6.07) is 7.56. The molecule has 1 rings (SSSR count). The van der Waals surface area contributed by atoms with Gasteiger partial charge in [-0.1, -0.05) is 17.9 Å². The van der Waals surface area contributed by atoms with E-state index in [1.54, 1.807) is 0 Å². The largest absolute Gasteiger partial charge is 0.492 e. The first-order valence-corrected chi connectivity index (χ1v) is 5.19. The third-order valence-corrected chi connectivity index (χ3v) is 1.95. The summed E-state index contributed by atoms with van der Waals surface area (Å²) in [5.74, 6) is 6.26. The summed E-state index contributed by atoms with van der Waals surface area (Å²) < 4.78 is 5.57. The van der Waals surface area contributed by atoms with E-state index in [0.717, 1.165) is 17.9 Å². The summed E-state index contributed by atoms with van der Waals surface area (Å²) in [6.45, 7) is 1.42. The van der Waals surface area contributed by atoms with E-state index in [4.69, 9.17) is 9.84 Å². The van der Waals surface area contributed by atoms with E-state index < -0.39 is 0 Å². The molecule has 0 fully saturated rings. The monoisotopic (exact) mass is 219 g/mol. The molecule has 0 aromatic heterocycles. The van der Waals surface area contributed by atoms with Gasteiger partial charge in [0.1, 0.15) is 19.0 Å². The fraction of sp³-hybridized carbons (Fsp3) is 0.385. The van der Waals surface area contributed by atoms with Crippen LogP contribution in [0.15, 0.2) is 24.3 Å². The van der Waals surface area contributed by atoms with Crippen LogP contribution in [0.25, 0.3) is 0 Å². The second-order valence-corrected chi connectivity index (χ2v) is 3.64. The molecule has 0 bridgehead atoms. The zero-order valence-corrected chi connectivity index (χ0v) is 9.73. The van der Waals surface area contributed by atoms with E-state index in [0.29, 0.717) is 6.61 Å². The van der Waals surface area contributed by atoms with Gasteiger partial charge in [0, 0.05) is 12.1 Å². The molecule has 0 aliphatic rings. The lowest BCUT2D eigenvalue weighted by Gasteiger charge is -2.10. The van der Waals surface area contributed by atoms with Crippen molar-refractivity contribution in [3.8, 4) is 17.6 Å². The van der Waals surface area contributed by atoms with Gasteiger partial charge in [-0.2, -0.15) is 0 Å². The topological polar surface area (TPSA) is 32.7 Å². The highest BCUT2D eigenvalue weighted by molar-refractivity contribution is 5.39. The molecule has 86 valence electrons. The molecular weight excluding hydrogens is 202 g/mol. The van der Waals surface area contributed by atoms with Crippen LogP contribution in [0.3, 0.4) is 0 Å². The summed E-state index contributed by atoms with van der Waals surface area (Å²) in [5, 5.41) is 8.59. The van der Waals surface area contributed by atoms with Gasteiger partial charge in [-0.25, -0.2) is 0 Å². The molecule has 0 unspecified atom stereocenters. The van der Waals surface area contributed by atoms with Gasteiger partial charge >= 0.3 is 0 Å². The predicted molar refractivity (Wildman–Crippen MR) is 64.5 cm³/mol. The zero-order chi connectivity index (χ0) is 11.8. The third-order valence-electron chi connectivity index (χ3n) is 1.95. The van der Waals surface area contributed by atoms with Crippen molar-refractivity contribution in [2.24, 2.45) is 0 Å². The van der Waals surface area contributed by atoms with Crippen LogP contribution in [0.4, 0.5) is 0 Å². The number of hydrogen-bond donors (Lipinski definition) is 1. The summed E-state index contributed by atoms with van der Waals surface area (Å²) >= 11 is 0. The van der Waals surface area contributed by atoms with E-state index in [-0.39, 0.29) is 6.61 Å². The smallest absolute Gasteiger partial charge is 0.120 e. The molecule has 0 heterocycles. The van der Waals surface area contributed by atoms with Crippen LogP contribution < -0.4 is 4.74 Å². The molecule has 0 amide bonds. The fourth-order valence-electron chi connectivity index (χ4n) is 1.15. The number of likely N-dealkylation sites (N-methyl/N-ethyl adjacent to an activating group) is 1. The van der Waals surface area contributed by atoms with E-state index in [1.807, 2.05) is 38.4 Å². The molecule has 0 aliphatic heterocycles. The van der Waals surface area contributed by atoms with Crippen molar-refractivity contribution in [1.29, 1.82) is 0 Å². The lowest BCUT2D eigenvalue weighted by molar-refractivity contribution is 0.261. The Morgan fingerprint density at radius 2 is 2.19 bits per heavy atom. The Morgan fingerprint density at radius 3 is 2.88 bits per heavy atom. The van der Waals surface area contributed by atoms with Gasteiger partial charge in [0.05, 0.1) is 0 Å². The van der Waals surface area contributed by atoms with Gasteiger partial charge < -0.3 is 14.7 Å². The first kappa shape index (κ1) is 12.6. The first-order chi connectivity index (χ1) is 7.72. The van der Waals surface area contributed by atoms with Gasteiger partial charge in [0.2, 0.25) is 0 Å². The maximum atomic E-state index is 8.59. The van der Waals surface area contributed by atoms with Gasteiger partial charge in [-0.15, -0.1) is 0 Å². The van der Waals surface area contributed by atoms with Crippen molar-refractivity contribution >= 4 is 0 Å². The Kier molecular flexibility index (Phi) is 5.41. The average molecular weight is 219 g/mol. The summed E-state index contributed by atoms with van der Waals surface area (Å²) in [6.07, 6.45) is 0. The maximum Gasteiger partial charge on any atom is 0.120 e. The molecule has 0 aliphatic carbocycles. The highest BCUT2D eigenvalue weighted by Crippen LogP contribution is 2.12. The lowest BCUT2D eigenvalue weighted by Crippen LogP contribution is -2.19. The molecule has 0 atom stereocenters. The van der Waals surface area contributed by atoms with Crippen LogP contribution in [-0.2, 0) is 0 Å². The Balaban J connectivity index is 2.54. The summed E-state index contributed by atoms with van der Waals surface area (Å²) in [7, 11) is 4.01. The number of ether oxygens (including phenoxy) is 1. The van der Waals surface area contributed by atoms with E-state index >= 15 is 0 Å². The minimum atomic E-state index is -0.119. The molecular formula is C13H17NO2. The predicted octanol–water partition coefficient (Wildman–Crippen LogP) is 0.971. The van der Waals surface area contributed by atoms with Crippen molar-refractivity contribution in [3.05, 3.63) is 29.8 Å². The van der Waals surface area contributed by atoms with Gasteiger partial charge in [-0.3, -0.25) is 0 Å². The molecule has 3 nitrogen and oxygen atoms in total. The summed E-state index contributed by atoms with van der Waals surface area (Å²) in [5.41, 5.74) is 0.858. The van der Waals surface area contributed by atoms with E-state index in [9.17, 15) is 0 Å². The van der Waals surface area contributed by atoms with Crippen LogP contribution in [0.5, 0.6) is 5.75 Å². The van der Waals surface area contributed by atoms with Gasteiger partial charge in [-0.05, 0) is 32.3 Å². The molecule has 1 aromatic carbocycles. The molecule has 0 radical (unpaired) electrons. The van der Waals surface area contributed by atoms with E-state index in [2.05, 4.69) is 16.7 Å². The second kappa shape index (κ2) is 6.89. The van der Waals surface area contributed by atoms with Crippen LogP contribution in [0, 0.1) is 11.8 Å². The van der Waals surface area contributed by atoms with Gasteiger partial charge in [0.15, 0.2) is 0 Å². The van der Waals surface area contributed by atoms with Crippen molar-refractivity contribution in [3.63, 3.8) is 0 Å². The number of rotatable bonds is 4. The quantitative estimate of drug-likeness (QED) is 0.766. The van der Waals surface area contributed by atoms with Crippen molar-refractivity contribution in [2.75, 3.05) is 33.9 Å². The normalized spacial score (nSPS) is 9.75. The van der Waals surface area contributed by atoms with Crippen LogP contribution >= 0.6 is 0 Å². The molecule has 1 aromatic rings. The molecule has 0 saturated carbocycles. The molecule has 0 spiro atoms. The Hall–Kier alpha value is -1.50. The molecule has 16 heavy (non-hydrogen) atoms. The molecule has 0 saturated heterocycles. The van der Waals surface area contributed by atoms with Crippen molar-refractivity contribution in [2.45, 2.75) is 0 Å². The molecule has 1 N–H and O–H groups in total. The SMILES string of the molecule is CN(C)CCOc1cccc(C#CCO)c1. The zero-order valence-electron chi connectivity index (χ0n) is 9.73. The Bertz CT molecular complexity index is 377. The van der Waals surface area contributed by atoms with Crippen molar-refractivity contribution < 1.29 is 9.84 Å². The molecule has 3 heteroatoms. The summed E-state index contributed by atoms with van der Waals surface area (Å²) in [4.78, 5) is 2.06. The van der Waals surface area contributed by atoms with E-state index in [1.165, 1.54) is 0 Å². The average Bonchev–Trinajstić information content (AvgIpc) is 2.26.